The first-order chi connectivity index (χ1) is 13.0. The van der Waals surface area contributed by atoms with Crippen LogP contribution in [-0.4, -0.2) is 58.8 Å². The Hall–Kier alpha value is -1.80. The fourth-order valence-electron chi connectivity index (χ4n) is 3.24. The summed E-state index contributed by atoms with van der Waals surface area (Å²) < 4.78 is 25.6. The molecule has 27 heavy (non-hydrogen) atoms. The minimum absolute atomic E-state index is 0.491. The summed E-state index contributed by atoms with van der Waals surface area (Å²) in [6.07, 6.45) is 7.59. The highest BCUT2D eigenvalue weighted by Gasteiger charge is 2.09. The number of anilines is 1. The van der Waals surface area contributed by atoms with Gasteiger partial charge in [0.15, 0.2) is 5.96 Å². The first-order valence-electron chi connectivity index (χ1n) is 9.70. The van der Waals surface area contributed by atoms with Gasteiger partial charge >= 0.3 is 0 Å². The SMILES string of the molecule is CN=C(NCCCN1CCCCCC1)NCc1ccccc1NS(C)(=O)=O. The molecule has 3 N–H and O–H groups in total. The summed E-state index contributed by atoms with van der Waals surface area (Å²) in [4.78, 5) is 6.80. The first-order valence-corrected chi connectivity index (χ1v) is 11.6. The van der Waals surface area contributed by atoms with Gasteiger partial charge in [0, 0.05) is 20.1 Å². The number of nitrogens with one attached hydrogen (secondary N) is 3. The smallest absolute Gasteiger partial charge is 0.229 e. The highest BCUT2D eigenvalue weighted by molar-refractivity contribution is 7.92. The Morgan fingerprint density at radius 2 is 1.81 bits per heavy atom. The molecule has 1 aromatic carbocycles. The van der Waals surface area contributed by atoms with Crippen molar-refractivity contribution in [2.45, 2.75) is 38.6 Å². The summed E-state index contributed by atoms with van der Waals surface area (Å²) in [5.74, 6) is 0.722. The predicted molar refractivity (Wildman–Crippen MR) is 113 cm³/mol. The number of para-hydroxylation sites is 1. The second-order valence-corrected chi connectivity index (χ2v) is 8.74. The molecule has 2 rings (SSSR count). The zero-order valence-electron chi connectivity index (χ0n) is 16.5. The zero-order valence-corrected chi connectivity index (χ0v) is 17.3. The molecule has 0 radical (unpaired) electrons. The van der Waals surface area contributed by atoms with Gasteiger partial charge < -0.3 is 15.5 Å². The van der Waals surface area contributed by atoms with Gasteiger partial charge in [-0.15, -0.1) is 0 Å². The minimum Gasteiger partial charge on any atom is -0.356 e. The van der Waals surface area contributed by atoms with Crippen LogP contribution in [0.5, 0.6) is 0 Å². The number of hydrogen-bond acceptors (Lipinski definition) is 4. The van der Waals surface area contributed by atoms with Gasteiger partial charge in [-0.25, -0.2) is 8.42 Å². The van der Waals surface area contributed by atoms with E-state index in [2.05, 4.69) is 25.2 Å². The third-order valence-corrected chi connectivity index (χ3v) is 5.22. The molecule has 1 fully saturated rings. The summed E-state index contributed by atoms with van der Waals surface area (Å²) in [5.41, 5.74) is 1.46. The van der Waals surface area contributed by atoms with Crippen LogP contribution in [0.2, 0.25) is 0 Å². The molecular formula is C19H33N5O2S. The topological polar surface area (TPSA) is 85.8 Å². The fourth-order valence-corrected chi connectivity index (χ4v) is 3.84. The lowest BCUT2D eigenvalue weighted by Gasteiger charge is -2.20. The van der Waals surface area contributed by atoms with Crippen LogP contribution in [-0.2, 0) is 16.6 Å². The van der Waals surface area contributed by atoms with Crippen molar-refractivity contribution in [3.8, 4) is 0 Å². The summed E-state index contributed by atoms with van der Waals surface area (Å²) >= 11 is 0. The number of sulfonamides is 1. The van der Waals surface area contributed by atoms with Crippen LogP contribution in [0, 0.1) is 0 Å². The summed E-state index contributed by atoms with van der Waals surface area (Å²) in [6, 6.07) is 7.36. The van der Waals surface area contributed by atoms with Gasteiger partial charge in [0.25, 0.3) is 0 Å². The molecule has 1 heterocycles. The number of likely N-dealkylation sites (tertiary alicyclic amines) is 1. The van der Waals surface area contributed by atoms with Crippen molar-refractivity contribution in [1.82, 2.24) is 15.5 Å². The molecule has 0 unspecified atom stereocenters. The van der Waals surface area contributed by atoms with Gasteiger partial charge in [0.05, 0.1) is 11.9 Å². The van der Waals surface area contributed by atoms with Crippen molar-refractivity contribution >= 4 is 21.7 Å². The van der Waals surface area contributed by atoms with Crippen molar-refractivity contribution < 1.29 is 8.42 Å². The Morgan fingerprint density at radius 1 is 1.11 bits per heavy atom. The zero-order chi connectivity index (χ0) is 19.5. The molecule has 8 heteroatoms. The van der Waals surface area contributed by atoms with Crippen molar-refractivity contribution in [2.75, 3.05) is 44.2 Å². The average Bonchev–Trinajstić information content (AvgIpc) is 2.90. The van der Waals surface area contributed by atoms with E-state index in [0.29, 0.717) is 12.2 Å². The van der Waals surface area contributed by atoms with Gasteiger partial charge in [-0.3, -0.25) is 9.71 Å². The number of guanidine groups is 1. The molecular weight excluding hydrogens is 362 g/mol. The third kappa shape index (κ3) is 8.62. The lowest BCUT2D eigenvalue weighted by Crippen LogP contribution is -2.38. The van der Waals surface area contributed by atoms with Crippen LogP contribution >= 0.6 is 0 Å². The van der Waals surface area contributed by atoms with Gasteiger partial charge in [0.1, 0.15) is 0 Å². The molecule has 0 aromatic heterocycles. The van der Waals surface area contributed by atoms with Gasteiger partial charge in [-0.05, 0) is 50.5 Å². The third-order valence-electron chi connectivity index (χ3n) is 4.62. The van der Waals surface area contributed by atoms with Gasteiger partial charge in [-0.1, -0.05) is 31.0 Å². The molecule has 1 aliphatic rings. The van der Waals surface area contributed by atoms with Crippen LogP contribution in [0.3, 0.4) is 0 Å². The normalized spacial score (nSPS) is 16.6. The van der Waals surface area contributed by atoms with Crippen molar-refractivity contribution in [1.29, 1.82) is 0 Å². The predicted octanol–water partition coefficient (Wildman–Crippen LogP) is 1.99. The van der Waals surface area contributed by atoms with Crippen LogP contribution < -0.4 is 15.4 Å². The standard InChI is InChI=1S/C19H33N5O2S/c1-20-19(21-12-9-15-24-13-7-3-4-8-14-24)22-16-17-10-5-6-11-18(17)23-27(2,25)26/h5-6,10-11,23H,3-4,7-9,12-16H2,1-2H3,(H2,20,21,22). The Bertz CT molecular complexity index is 698. The monoisotopic (exact) mass is 395 g/mol. The van der Waals surface area contributed by atoms with Gasteiger partial charge in [0.2, 0.25) is 10.0 Å². The lowest BCUT2D eigenvalue weighted by atomic mass is 10.2. The Morgan fingerprint density at radius 3 is 2.48 bits per heavy atom. The quantitative estimate of drug-likeness (QED) is 0.356. The molecule has 0 saturated carbocycles. The average molecular weight is 396 g/mol. The number of benzene rings is 1. The van der Waals surface area contributed by atoms with E-state index in [9.17, 15) is 8.42 Å². The molecule has 0 aliphatic carbocycles. The van der Waals surface area contributed by atoms with E-state index in [1.165, 1.54) is 38.8 Å². The minimum atomic E-state index is -3.30. The van der Waals surface area contributed by atoms with E-state index in [-0.39, 0.29) is 0 Å². The second kappa shape index (κ2) is 11.1. The molecule has 1 aliphatic heterocycles. The van der Waals surface area contributed by atoms with Crippen molar-refractivity contribution in [2.24, 2.45) is 4.99 Å². The molecule has 0 bridgehead atoms. The number of rotatable bonds is 8. The van der Waals surface area contributed by atoms with Crippen LogP contribution in [0.15, 0.2) is 29.3 Å². The Balaban J connectivity index is 1.75. The molecule has 0 spiro atoms. The van der Waals surface area contributed by atoms with E-state index in [1.807, 2.05) is 18.2 Å². The van der Waals surface area contributed by atoms with Crippen LogP contribution in [0.25, 0.3) is 0 Å². The maximum atomic E-state index is 11.5. The lowest BCUT2D eigenvalue weighted by molar-refractivity contribution is 0.282. The van der Waals surface area contributed by atoms with Crippen LogP contribution in [0.4, 0.5) is 5.69 Å². The molecule has 1 saturated heterocycles. The van der Waals surface area contributed by atoms with E-state index in [4.69, 9.17) is 0 Å². The van der Waals surface area contributed by atoms with E-state index in [0.717, 1.165) is 37.3 Å². The molecule has 0 atom stereocenters. The van der Waals surface area contributed by atoms with E-state index >= 15 is 0 Å². The molecule has 152 valence electrons. The second-order valence-electron chi connectivity index (χ2n) is 6.99. The summed E-state index contributed by atoms with van der Waals surface area (Å²) in [7, 11) is -1.56. The number of hydrogen-bond donors (Lipinski definition) is 3. The number of aliphatic imine (C=N–C) groups is 1. The van der Waals surface area contributed by atoms with Crippen LogP contribution in [0.1, 0.15) is 37.7 Å². The highest BCUT2D eigenvalue weighted by atomic mass is 32.2. The van der Waals surface area contributed by atoms with Gasteiger partial charge in [-0.2, -0.15) is 0 Å². The van der Waals surface area contributed by atoms with Crippen molar-refractivity contribution in [3.63, 3.8) is 0 Å². The maximum absolute atomic E-state index is 11.5. The Labute approximate surface area is 163 Å². The maximum Gasteiger partial charge on any atom is 0.229 e. The summed E-state index contributed by atoms with van der Waals surface area (Å²) in [5, 5.41) is 6.59. The molecule has 7 nitrogen and oxygen atoms in total. The highest BCUT2D eigenvalue weighted by Crippen LogP contribution is 2.15. The Kier molecular flexibility index (Phi) is 8.87. The van der Waals surface area contributed by atoms with Crippen molar-refractivity contribution in [3.05, 3.63) is 29.8 Å². The molecule has 0 amide bonds. The molecule has 1 aromatic rings. The fraction of sp³-hybridized carbons (Fsp3) is 0.632. The van der Waals surface area contributed by atoms with E-state index < -0.39 is 10.0 Å². The first kappa shape index (κ1) is 21.5. The number of nitrogens with zero attached hydrogens (tertiary/aromatic N) is 2. The summed E-state index contributed by atoms with van der Waals surface area (Å²) in [6.45, 7) is 4.91. The largest absolute Gasteiger partial charge is 0.356 e. The van der Waals surface area contributed by atoms with E-state index in [1.54, 1.807) is 13.1 Å².